The van der Waals surface area contributed by atoms with Gasteiger partial charge in [-0.2, -0.15) is 0 Å². The van der Waals surface area contributed by atoms with E-state index in [1.807, 2.05) is 18.2 Å². The van der Waals surface area contributed by atoms with Crippen LogP contribution < -0.4 is 21.3 Å². The Hall–Kier alpha value is -2.48. The number of hydrogen-bond acceptors (Lipinski definition) is 5. The lowest BCUT2D eigenvalue weighted by atomic mass is 10.1. The Morgan fingerprint density at radius 3 is 3.04 bits per heavy atom. The predicted molar refractivity (Wildman–Crippen MR) is 100 cm³/mol. The molecule has 0 radical (unpaired) electrons. The molecule has 8 heteroatoms. The second-order valence-corrected chi connectivity index (χ2v) is 6.78. The Morgan fingerprint density at radius 1 is 1.40 bits per heavy atom. The third-order valence-electron chi connectivity index (χ3n) is 4.03. The topological polar surface area (TPSA) is 94.6 Å². The van der Waals surface area contributed by atoms with Crippen molar-refractivity contribution in [3.8, 4) is 0 Å². The first-order valence-electron chi connectivity index (χ1n) is 8.15. The average Bonchev–Trinajstić information content (AvgIpc) is 3.09. The molecule has 0 aliphatic carbocycles. The smallest absolute Gasteiger partial charge is 0.242 e. The van der Waals surface area contributed by atoms with Gasteiger partial charge in [-0.15, -0.1) is 11.8 Å². The molecule has 3 rings (SSSR count). The van der Waals surface area contributed by atoms with E-state index >= 15 is 0 Å². The highest BCUT2D eigenvalue weighted by atomic mass is 32.2. The van der Waals surface area contributed by atoms with Crippen molar-refractivity contribution in [1.29, 1.82) is 0 Å². The summed E-state index contributed by atoms with van der Waals surface area (Å²) in [7, 11) is 1.61. The highest BCUT2D eigenvalue weighted by Crippen LogP contribution is 2.34. The van der Waals surface area contributed by atoms with Gasteiger partial charge >= 0.3 is 0 Å². The summed E-state index contributed by atoms with van der Waals surface area (Å²) in [5, 5.41) is 12.1. The number of carbonyl (C=O) groups excluding carboxylic acids is 2. The zero-order valence-electron chi connectivity index (χ0n) is 14.0. The number of benzene rings is 1. The third kappa shape index (κ3) is 4.33. The molecule has 0 saturated carbocycles. The molecule has 1 aromatic carbocycles. The summed E-state index contributed by atoms with van der Waals surface area (Å²) < 4.78 is 0. The number of fused-ring (bicyclic) bond motifs is 1. The molecular weight excluding hydrogens is 338 g/mol. The largest absolute Gasteiger partial charge is 0.375 e. The highest BCUT2D eigenvalue weighted by Gasteiger charge is 2.22. The minimum Gasteiger partial charge on any atom is -0.375 e. The normalized spacial score (nSPS) is 20.4. The van der Waals surface area contributed by atoms with Gasteiger partial charge in [-0.1, -0.05) is 6.07 Å². The van der Waals surface area contributed by atoms with Gasteiger partial charge in [0.1, 0.15) is 6.04 Å². The van der Waals surface area contributed by atoms with E-state index in [9.17, 15) is 9.59 Å². The van der Waals surface area contributed by atoms with Gasteiger partial charge in [0.15, 0.2) is 12.2 Å². The van der Waals surface area contributed by atoms with E-state index in [-0.39, 0.29) is 11.9 Å². The van der Waals surface area contributed by atoms with E-state index in [1.165, 1.54) is 4.90 Å². The lowest BCUT2D eigenvalue weighted by molar-refractivity contribution is -0.124. The number of rotatable bonds is 4. The van der Waals surface area contributed by atoms with Crippen molar-refractivity contribution in [3.05, 3.63) is 29.5 Å². The molecule has 1 atom stereocenters. The van der Waals surface area contributed by atoms with Crippen LogP contribution in [-0.4, -0.2) is 43.7 Å². The first-order chi connectivity index (χ1) is 12.2. The van der Waals surface area contributed by atoms with Crippen molar-refractivity contribution in [1.82, 2.24) is 16.0 Å². The number of aldehydes is 1. The molecule has 4 N–H and O–H groups in total. The number of nitrogens with zero attached hydrogens (tertiary/aromatic N) is 1. The fourth-order valence-electron chi connectivity index (χ4n) is 2.73. The first kappa shape index (κ1) is 17.3. The van der Waals surface area contributed by atoms with Crippen LogP contribution in [0.3, 0.4) is 0 Å². The van der Waals surface area contributed by atoms with E-state index in [0.29, 0.717) is 18.2 Å². The van der Waals surface area contributed by atoms with Crippen LogP contribution in [0.15, 0.2) is 33.8 Å². The van der Waals surface area contributed by atoms with Crippen molar-refractivity contribution in [2.75, 3.05) is 24.8 Å². The summed E-state index contributed by atoms with van der Waals surface area (Å²) in [6.07, 6.45) is 4.16. The molecule has 1 saturated heterocycles. The molecule has 2 heterocycles. The number of thioether (sulfide) groups is 1. The standard InChI is InChI=1S/C17H21N5O2S/c1-18-17(22-14-3-2-6-19-16(14)24)21-12(9-23)7-11-4-5-13-15(8-11)25-10-20-13/h4-5,7-9,14,20H,2-3,6,10H2,1H3,(H,19,24)(H2,18,21,22)/b12-7-. The van der Waals surface area contributed by atoms with Gasteiger partial charge < -0.3 is 21.3 Å². The van der Waals surface area contributed by atoms with Gasteiger partial charge in [0.2, 0.25) is 5.91 Å². The molecule has 2 aliphatic rings. The zero-order chi connectivity index (χ0) is 17.6. The number of hydrogen-bond donors (Lipinski definition) is 4. The molecule has 1 amide bonds. The Kier molecular flexibility index (Phi) is 5.60. The number of amides is 1. The molecule has 7 nitrogen and oxygen atoms in total. The molecule has 2 aliphatic heterocycles. The van der Waals surface area contributed by atoms with Gasteiger partial charge in [-0.3, -0.25) is 14.6 Å². The summed E-state index contributed by atoms with van der Waals surface area (Å²) >= 11 is 1.73. The summed E-state index contributed by atoms with van der Waals surface area (Å²) in [4.78, 5) is 28.6. The molecule has 0 aromatic heterocycles. The summed E-state index contributed by atoms with van der Waals surface area (Å²) in [6, 6.07) is 5.66. The first-order valence-corrected chi connectivity index (χ1v) is 9.14. The van der Waals surface area contributed by atoms with Crippen molar-refractivity contribution in [2.45, 2.75) is 23.8 Å². The SMILES string of the molecule is CN=C(N/C(C=O)=C\c1ccc2c(c1)SCN2)NC1CCCNC1=O. The molecule has 1 fully saturated rings. The molecular formula is C17H21N5O2S. The van der Waals surface area contributed by atoms with Crippen LogP contribution in [0.4, 0.5) is 5.69 Å². The van der Waals surface area contributed by atoms with E-state index < -0.39 is 0 Å². The number of allylic oxidation sites excluding steroid dienone is 1. The quantitative estimate of drug-likeness (QED) is 0.279. The summed E-state index contributed by atoms with van der Waals surface area (Å²) in [5.74, 6) is 1.22. The van der Waals surface area contributed by atoms with Crippen LogP contribution in [-0.2, 0) is 9.59 Å². The highest BCUT2D eigenvalue weighted by molar-refractivity contribution is 7.99. The van der Waals surface area contributed by atoms with E-state index in [4.69, 9.17) is 0 Å². The second-order valence-electron chi connectivity index (χ2n) is 5.77. The maximum absolute atomic E-state index is 11.9. The van der Waals surface area contributed by atoms with Crippen LogP contribution in [0, 0.1) is 0 Å². The summed E-state index contributed by atoms with van der Waals surface area (Å²) in [5.41, 5.74) is 2.42. The molecule has 0 bridgehead atoms. The van der Waals surface area contributed by atoms with E-state index in [1.54, 1.807) is 24.9 Å². The van der Waals surface area contributed by atoms with Crippen molar-refractivity contribution in [3.63, 3.8) is 0 Å². The maximum Gasteiger partial charge on any atom is 0.242 e. The zero-order valence-corrected chi connectivity index (χ0v) is 14.8. The fourth-order valence-corrected chi connectivity index (χ4v) is 3.63. The van der Waals surface area contributed by atoms with E-state index in [0.717, 1.165) is 36.3 Å². The van der Waals surface area contributed by atoms with Gasteiger partial charge in [0.05, 0.1) is 11.6 Å². The average molecular weight is 359 g/mol. The Balaban J connectivity index is 1.69. The monoisotopic (exact) mass is 359 g/mol. The molecule has 1 aromatic rings. The molecule has 132 valence electrons. The van der Waals surface area contributed by atoms with Crippen molar-refractivity contribution < 1.29 is 9.59 Å². The van der Waals surface area contributed by atoms with Gasteiger partial charge in [-0.25, -0.2) is 0 Å². The number of guanidine groups is 1. The maximum atomic E-state index is 11.9. The molecule has 1 unspecified atom stereocenters. The van der Waals surface area contributed by atoms with Crippen LogP contribution in [0.1, 0.15) is 18.4 Å². The van der Waals surface area contributed by atoms with Crippen LogP contribution in [0.2, 0.25) is 0 Å². The van der Waals surface area contributed by atoms with Gasteiger partial charge in [-0.05, 0) is 36.6 Å². The lowest BCUT2D eigenvalue weighted by Gasteiger charge is -2.24. The lowest BCUT2D eigenvalue weighted by Crippen LogP contribution is -2.53. The van der Waals surface area contributed by atoms with Crippen molar-refractivity contribution >= 4 is 41.7 Å². The number of nitrogens with one attached hydrogen (secondary N) is 4. The molecule has 25 heavy (non-hydrogen) atoms. The molecule has 0 spiro atoms. The summed E-state index contributed by atoms with van der Waals surface area (Å²) in [6.45, 7) is 0.702. The Labute approximate surface area is 150 Å². The third-order valence-corrected chi connectivity index (χ3v) is 4.97. The number of aliphatic imine (C=N–C) groups is 1. The Morgan fingerprint density at radius 2 is 2.28 bits per heavy atom. The number of piperidine rings is 1. The van der Waals surface area contributed by atoms with Crippen LogP contribution >= 0.6 is 11.8 Å². The van der Waals surface area contributed by atoms with Crippen LogP contribution in [0.5, 0.6) is 0 Å². The predicted octanol–water partition coefficient (Wildman–Crippen LogP) is 1.15. The van der Waals surface area contributed by atoms with Crippen LogP contribution in [0.25, 0.3) is 6.08 Å². The fraction of sp³-hybridized carbons (Fsp3) is 0.353. The van der Waals surface area contributed by atoms with Gasteiger partial charge in [0, 0.05) is 24.2 Å². The number of carbonyl (C=O) groups is 2. The number of anilines is 1. The van der Waals surface area contributed by atoms with E-state index in [2.05, 4.69) is 26.3 Å². The van der Waals surface area contributed by atoms with Crippen molar-refractivity contribution in [2.24, 2.45) is 4.99 Å². The second kappa shape index (κ2) is 8.06. The minimum absolute atomic E-state index is 0.0472. The Bertz CT molecular complexity index is 732. The van der Waals surface area contributed by atoms with Gasteiger partial charge in [0.25, 0.3) is 0 Å². The minimum atomic E-state index is -0.338.